The second kappa shape index (κ2) is 7.55. The zero-order chi connectivity index (χ0) is 18.6. The molecule has 0 amide bonds. The first kappa shape index (κ1) is 17.2. The van der Waals surface area contributed by atoms with Gasteiger partial charge in [0.2, 0.25) is 0 Å². The first-order valence-electron chi connectivity index (χ1n) is 8.87. The van der Waals surface area contributed by atoms with Crippen molar-refractivity contribution in [2.24, 2.45) is 0 Å². The fraction of sp³-hybridized carbons (Fsp3) is 0.190. The third-order valence-electron chi connectivity index (χ3n) is 4.75. The third-order valence-corrected chi connectivity index (χ3v) is 4.75. The van der Waals surface area contributed by atoms with Crippen LogP contribution >= 0.6 is 0 Å². The van der Waals surface area contributed by atoms with Crippen LogP contribution in [0.2, 0.25) is 0 Å². The fourth-order valence-corrected chi connectivity index (χ4v) is 3.02. The molecule has 0 saturated heterocycles. The summed E-state index contributed by atoms with van der Waals surface area (Å²) in [5.74, 6) is 0.849. The van der Waals surface area contributed by atoms with Gasteiger partial charge in [0.25, 0.3) is 0 Å². The second-order valence-electron chi connectivity index (χ2n) is 6.57. The zero-order valence-electron chi connectivity index (χ0n) is 15.4. The maximum Gasteiger partial charge on any atom is 0.151 e. The van der Waals surface area contributed by atoms with Crippen LogP contribution in [0.25, 0.3) is 16.9 Å². The zero-order valence-corrected chi connectivity index (χ0v) is 15.4. The van der Waals surface area contributed by atoms with Gasteiger partial charge in [-0.25, -0.2) is 9.67 Å². The van der Waals surface area contributed by atoms with Gasteiger partial charge in [0.15, 0.2) is 5.76 Å². The van der Waals surface area contributed by atoms with Crippen LogP contribution in [0.3, 0.4) is 0 Å². The van der Waals surface area contributed by atoms with Gasteiger partial charge in [0.1, 0.15) is 18.3 Å². The Morgan fingerprint density at radius 3 is 2.56 bits per heavy atom. The van der Waals surface area contributed by atoms with E-state index in [9.17, 15) is 0 Å². The van der Waals surface area contributed by atoms with Crippen LogP contribution in [0.15, 0.2) is 77.8 Å². The molecule has 1 atom stereocenters. The van der Waals surface area contributed by atoms with Crippen LogP contribution < -0.4 is 0 Å². The largest absolute Gasteiger partial charge is 0.359 e. The molecule has 0 N–H and O–H groups in total. The van der Waals surface area contributed by atoms with Gasteiger partial charge in [-0.2, -0.15) is 5.10 Å². The van der Waals surface area contributed by atoms with Gasteiger partial charge in [-0.1, -0.05) is 47.6 Å². The predicted octanol–water partition coefficient (Wildman–Crippen LogP) is 4.12. The number of hydrogen-bond donors (Lipinski definition) is 0. The lowest BCUT2D eigenvalue weighted by atomic mass is 10.1. The molecule has 4 rings (SSSR count). The van der Waals surface area contributed by atoms with Crippen LogP contribution in [0, 0.1) is 0 Å². The van der Waals surface area contributed by atoms with Crippen molar-refractivity contribution in [1.82, 2.24) is 24.8 Å². The minimum Gasteiger partial charge on any atom is -0.359 e. The maximum absolute atomic E-state index is 5.53. The van der Waals surface area contributed by atoms with E-state index in [1.54, 1.807) is 11.0 Å². The van der Waals surface area contributed by atoms with E-state index < -0.39 is 0 Å². The van der Waals surface area contributed by atoms with Crippen LogP contribution in [-0.4, -0.2) is 31.9 Å². The van der Waals surface area contributed by atoms with Crippen molar-refractivity contribution >= 4 is 0 Å². The van der Waals surface area contributed by atoms with Gasteiger partial charge >= 0.3 is 0 Å². The molecule has 0 aliphatic rings. The smallest absolute Gasteiger partial charge is 0.151 e. The molecular weight excluding hydrogens is 338 g/mol. The molecular formula is C21H21N5O. The Balaban J connectivity index is 1.43. The average molecular weight is 359 g/mol. The van der Waals surface area contributed by atoms with Crippen molar-refractivity contribution in [3.05, 3.63) is 84.6 Å². The summed E-state index contributed by atoms with van der Waals surface area (Å²) in [6, 6.07) is 20.6. The number of hydrogen-bond acceptors (Lipinski definition) is 5. The summed E-state index contributed by atoms with van der Waals surface area (Å²) >= 11 is 0. The van der Waals surface area contributed by atoms with Gasteiger partial charge in [-0.15, -0.1) is 0 Å². The average Bonchev–Trinajstić information content (AvgIpc) is 3.40. The Kier molecular flexibility index (Phi) is 4.80. The van der Waals surface area contributed by atoms with Crippen LogP contribution in [0.4, 0.5) is 0 Å². The summed E-state index contributed by atoms with van der Waals surface area (Å²) in [4.78, 5) is 6.22. The topological polar surface area (TPSA) is 60.0 Å². The van der Waals surface area contributed by atoms with Crippen LogP contribution in [0.1, 0.15) is 24.3 Å². The number of aromatic nitrogens is 4. The molecule has 2 heterocycles. The highest BCUT2D eigenvalue weighted by atomic mass is 16.5. The SMILES string of the molecule is CC(c1ccc(-n2cncn2)cc1)N(C)Cc1cc(-c2ccccc2)no1. The van der Waals surface area contributed by atoms with Gasteiger partial charge in [0, 0.05) is 17.7 Å². The van der Waals surface area contributed by atoms with Gasteiger partial charge in [0.05, 0.1) is 12.2 Å². The first-order valence-corrected chi connectivity index (χ1v) is 8.87. The van der Waals surface area contributed by atoms with Crippen LogP contribution in [-0.2, 0) is 6.54 Å². The van der Waals surface area contributed by atoms with E-state index >= 15 is 0 Å². The molecule has 2 aromatic carbocycles. The molecule has 0 saturated carbocycles. The molecule has 2 aromatic heterocycles. The minimum absolute atomic E-state index is 0.236. The third kappa shape index (κ3) is 3.80. The summed E-state index contributed by atoms with van der Waals surface area (Å²) in [6.07, 6.45) is 3.23. The van der Waals surface area contributed by atoms with E-state index in [0.29, 0.717) is 6.54 Å². The van der Waals surface area contributed by atoms with Crippen molar-refractivity contribution < 1.29 is 4.52 Å². The molecule has 0 spiro atoms. The normalized spacial score (nSPS) is 12.4. The summed E-state index contributed by atoms with van der Waals surface area (Å²) < 4.78 is 7.28. The molecule has 1 unspecified atom stereocenters. The Morgan fingerprint density at radius 1 is 1.07 bits per heavy atom. The molecule has 0 radical (unpaired) electrons. The van der Waals surface area contributed by atoms with Crippen molar-refractivity contribution in [2.75, 3.05) is 7.05 Å². The highest BCUT2D eigenvalue weighted by Gasteiger charge is 2.15. The molecule has 0 bridgehead atoms. The summed E-state index contributed by atoms with van der Waals surface area (Å²) in [5.41, 5.74) is 4.15. The van der Waals surface area contributed by atoms with Gasteiger partial charge in [-0.05, 0) is 31.7 Å². The lowest BCUT2D eigenvalue weighted by molar-refractivity contribution is 0.221. The van der Waals surface area contributed by atoms with Gasteiger partial charge < -0.3 is 4.52 Å². The summed E-state index contributed by atoms with van der Waals surface area (Å²) in [5, 5.41) is 8.35. The second-order valence-corrected chi connectivity index (χ2v) is 6.57. The molecule has 6 nitrogen and oxygen atoms in total. The van der Waals surface area contributed by atoms with Crippen molar-refractivity contribution in [3.8, 4) is 16.9 Å². The highest BCUT2D eigenvalue weighted by Crippen LogP contribution is 2.24. The molecule has 0 aliphatic carbocycles. The maximum atomic E-state index is 5.53. The summed E-state index contributed by atoms with van der Waals surface area (Å²) in [6.45, 7) is 2.87. The monoisotopic (exact) mass is 359 g/mol. The Hall–Kier alpha value is -3.25. The molecule has 6 heteroatoms. The van der Waals surface area contributed by atoms with E-state index in [1.807, 2.05) is 36.4 Å². The molecule has 136 valence electrons. The quantitative estimate of drug-likeness (QED) is 0.518. The van der Waals surface area contributed by atoms with Crippen molar-refractivity contribution in [1.29, 1.82) is 0 Å². The van der Waals surface area contributed by atoms with E-state index in [2.05, 4.69) is 58.4 Å². The standard InChI is InChI=1S/C21H21N5O/c1-16(17-8-10-19(11-9-17)26-15-22-14-23-26)25(2)13-20-12-21(24-27-20)18-6-4-3-5-7-18/h3-12,14-16H,13H2,1-2H3. The molecule has 0 aliphatic heterocycles. The molecule has 4 aromatic rings. The molecule has 0 fully saturated rings. The van der Waals surface area contributed by atoms with E-state index in [1.165, 1.54) is 11.9 Å². The number of nitrogens with zero attached hydrogens (tertiary/aromatic N) is 5. The Morgan fingerprint density at radius 2 is 1.85 bits per heavy atom. The number of rotatable bonds is 6. The van der Waals surface area contributed by atoms with E-state index in [-0.39, 0.29) is 6.04 Å². The predicted molar refractivity (Wildman–Crippen MR) is 103 cm³/mol. The lowest BCUT2D eigenvalue weighted by Gasteiger charge is -2.24. The van der Waals surface area contributed by atoms with Crippen molar-refractivity contribution in [2.45, 2.75) is 19.5 Å². The Labute approximate surface area is 158 Å². The minimum atomic E-state index is 0.236. The molecule has 27 heavy (non-hydrogen) atoms. The van der Waals surface area contributed by atoms with E-state index in [4.69, 9.17) is 4.52 Å². The fourth-order valence-electron chi connectivity index (χ4n) is 3.02. The van der Waals surface area contributed by atoms with E-state index in [0.717, 1.165) is 22.7 Å². The van der Waals surface area contributed by atoms with Crippen LogP contribution in [0.5, 0.6) is 0 Å². The lowest BCUT2D eigenvalue weighted by Crippen LogP contribution is -2.21. The highest BCUT2D eigenvalue weighted by molar-refractivity contribution is 5.58. The van der Waals surface area contributed by atoms with Gasteiger partial charge in [-0.3, -0.25) is 4.90 Å². The number of benzene rings is 2. The first-order chi connectivity index (χ1) is 13.2. The summed E-state index contributed by atoms with van der Waals surface area (Å²) in [7, 11) is 2.08. The van der Waals surface area contributed by atoms with Crippen molar-refractivity contribution in [3.63, 3.8) is 0 Å². The Bertz CT molecular complexity index is 977.